The molecule has 0 radical (unpaired) electrons. The van der Waals surface area contributed by atoms with Crippen molar-refractivity contribution in [2.24, 2.45) is 0 Å². The van der Waals surface area contributed by atoms with E-state index in [1.54, 1.807) is 0 Å². The van der Waals surface area contributed by atoms with Crippen LogP contribution in [0.1, 0.15) is 41.2 Å². The fraction of sp³-hybridized carbons (Fsp3) is 0.120. The third-order valence-electron chi connectivity index (χ3n) is 4.20. The first-order valence-corrected chi connectivity index (χ1v) is 9.51. The summed E-state index contributed by atoms with van der Waals surface area (Å²) < 4.78 is 55.6. The maximum Gasteiger partial charge on any atom is 0.146 e. The van der Waals surface area contributed by atoms with Gasteiger partial charge in [-0.1, -0.05) is 60.8 Å². The molecule has 0 saturated heterocycles. The monoisotopic (exact) mass is 426 g/mol. The lowest BCUT2D eigenvalue weighted by molar-refractivity contribution is 0.577. The van der Waals surface area contributed by atoms with Gasteiger partial charge in [0, 0.05) is 16.7 Å². The Bertz CT molecular complexity index is 1160. The van der Waals surface area contributed by atoms with E-state index in [0.29, 0.717) is 0 Å². The lowest BCUT2D eigenvalue weighted by Gasteiger charge is -2.00. The largest absolute Gasteiger partial charge is 0.205 e. The van der Waals surface area contributed by atoms with Crippen LogP contribution in [0.4, 0.5) is 17.6 Å². The zero-order valence-corrected chi connectivity index (χ0v) is 16.7. The van der Waals surface area contributed by atoms with Crippen LogP contribution in [0.15, 0.2) is 48.5 Å². The summed E-state index contributed by atoms with van der Waals surface area (Å²) >= 11 is 5.40. The standard InChI is InChI=1S/C25H15ClF4/c1-2-3-16-4-6-17(7-5-16)8-9-18-12-21(27)20(22(28)13-18)11-10-19-14-23(29)25(26)24(30)15-19/h4-7,12-15H,2-3H2,1H3. The summed E-state index contributed by atoms with van der Waals surface area (Å²) in [6.07, 6.45) is 2.02. The van der Waals surface area contributed by atoms with Crippen molar-refractivity contribution in [3.8, 4) is 23.7 Å². The molecule has 0 fully saturated rings. The van der Waals surface area contributed by atoms with Gasteiger partial charge >= 0.3 is 0 Å². The summed E-state index contributed by atoms with van der Waals surface area (Å²) in [4.78, 5) is 0. The second-order valence-electron chi connectivity index (χ2n) is 6.52. The molecule has 3 aromatic rings. The molecule has 0 heterocycles. The van der Waals surface area contributed by atoms with Crippen molar-refractivity contribution in [2.45, 2.75) is 19.8 Å². The highest BCUT2D eigenvalue weighted by atomic mass is 35.5. The summed E-state index contributed by atoms with van der Waals surface area (Å²) in [7, 11) is 0. The van der Waals surface area contributed by atoms with E-state index >= 15 is 0 Å². The van der Waals surface area contributed by atoms with Crippen molar-refractivity contribution < 1.29 is 17.6 Å². The van der Waals surface area contributed by atoms with Crippen LogP contribution in [0.3, 0.4) is 0 Å². The third-order valence-corrected chi connectivity index (χ3v) is 4.56. The van der Waals surface area contributed by atoms with Crippen molar-refractivity contribution in [3.63, 3.8) is 0 Å². The van der Waals surface area contributed by atoms with Gasteiger partial charge in [-0.05, 0) is 48.4 Å². The minimum Gasteiger partial charge on any atom is -0.205 e. The van der Waals surface area contributed by atoms with E-state index in [1.807, 2.05) is 24.3 Å². The molecule has 0 atom stereocenters. The molecule has 0 nitrogen and oxygen atoms in total. The number of halogens is 5. The summed E-state index contributed by atoms with van der Waals surface area (Å²) in [5.74, 6) is 6.35. The highest BCUT2D eigenvalue weighted by Crippen LogP contribution is 2.20. The van der Waals surface area contributed by atoms with E-state index in [0.717, 1.165) is 42.7 Å². The lowest BCUT2D eigenvalue weighted by atomic mass is 10.1. The average molecular weight is 427 g/mol. The molecular formula is C25H15ClF4. The summed E-state index contributed by atoms with van der Waals surface area (Å²) in [6, 6.07) is 11.6. The summed E-state index contributed by atoms with van der Waals surface area (Å²) in [5, 5.41) is -0.666. The molecular weight excluding hydrogens is 412 g/mol. The highest BCUT2D eigenvalue weighted by Gasteiger charge is 2.10. The normalized spacial score (nSPS) is 10.1. The van der Waals surface area contributed by atoms with Gasteiger partial charge in [0.05, 0.1) is 5.56 Å². The van der Waals surface area contributed by atoms with E-state index in [1.165, 1.54) is 5.56 Å². The van der Waals surface area contributed by atoms with Gasteiger partial charge < -0.3 is 0 Å². The number of hydrogen-bond acceptors (Lipinski definition) is 0. The fourth-order valence-electron chi connectivity index (χ4n) is 2.71. The van der Waals surface area contributed by atoms with E-state index in [2.05, 4.69) is 30.6 Å². The second kappa shape index (κ2) is 9.53. The van der Waals surface area contributed by atoms with Crippen LogP contribution in [-0.4, -0.2) is 0 Å². The number of rotatable bonds is 2. The molecule has 0 aliphatic heterocycles. The van der Waals surface area contributed by atoms with Crippen molar-refractivity contribution in [1.29, 1.82) is 0 Å². The topological polar surface area (TPSA) is 0 Å². The highest BCUT2D eigenvalue weighted by molar-refractivity contribution is 6.30. The van der Waals surface area contributed by atoms with E-state index in [4.69, 9.17) is 11.6 Å². The maximum absolute atomic E-state index is 14.3. The number of hydrogen-bond donors (Lipinski definition) is 0. The SMILES string of the molecule is CCCc1ccc(C#Cc2cc(F)c(C#Cc3cc(F)c(Cl)c(F)c3)c(F)c2)cc1. The predicted molar refractivity (Wildman–Crippen MR) is 110 cm³/mol. The van der Waals surface area contributed by atoms with Crippen LogP contribution in [0.2, 0.25) is 5.02 Å². The van der Waals surface area contributed by atoms with Crippen molar-refractivity contribution in [1.82, 2.24) is 0 Å². The summed E-state index contributed by atoms with van der Waals surface area (Å²) in [5.41, 5.74) is 1.47. The Morgan fingerprint density at radius 3 is 1.67 bits per heavy atom. The summed E-state index contributed by atoms with van der Waals surface area (Å²) in [6.45, 7) is 2.09. The lowest BCUT2D eigenvalue weighted by Crippen LogP contribution is -1.93. The van der Waals surface area contributed by atoms with Crippen LogP contribution in [0, 0.1) is 47.0 Å². The van der Waals surface area contributed by atoms with Crippen LogP contribution >= 0.6 is 11.6 Å². The van der Waals surface area contributed by atoms with Gasteiger partial charge in [-0.25, -0.2) is 17.6 Å². The zero-order valence-electron chi connectivity index (χ0n) is 15.9. The number of benzene rings is 3. The van der Waals surface area contributed by atoms with Gasteiger partial charge in [-0.15, -0.1) is 0 Å². The Balaban J connectivity index is 1.85. The van der Waals surface area contributed by atoms with E-state index < -0.39 is 33.9 Å². The van der Waals surface area contributed by atoms with Gasteiger partial charge in [0.15, 0.2) is 0 Å². The molecule has 30 heavy (non-hydrogen) atoms. The van der Waals surface area contributed by atoms with E-state index in [9.17, 15) is 17.6 Å². The van der Waals surface area contributed by atoms with Crippen LogP contribution in [0.5, 0.6) is 0 Å². The first kappa shape index (κ1) is 21.5. The van der Waals surface area contributed by atoms with Crippen molar-refractivity contribution in [3.05, 3.63) is 105 Å². The fourth-order valence-corrected chi connectivity index (χ4v) is 2.82. The molecule has 3 rings (SSSR count). The molecule has 0 bridgehead atoms. The smallest absolute Gasteiger partial charge is 0.146 e. The van der Waals surface area contributed by atoms with Crippen molar-refractivity contribution in [2.75, 3.05) is 0 Å². The molecule has 0 N–H and O–H groups in total. The van der Waals surface area contributed by atoms with Gasteiger partial charge in [0.2, 0.25) is 0 Å². The predicted octanol–water partition coefficient (Wildman–Crippen LogP) is 6.65. The van der Waals surface area contributed by atoms with E-state index in [-0.39, 0.29) is 11.1 Å². The Morgan fingerprint density at radius 2 is 1.13 bits per heavy atom. The molecule has 150 valence electrons. The minimum absolute atomic E-state index is 0.0939. The van der Waals surface area contributed by atoms with Gasteiger partial charge in [0.1, 0.15) is 28.3 Å². The van der Waals surface area contributed by atoms with Crippen LogP contribution < -0.4 is 0 Å². The van der Waals surface area contributed by atoms with Gasteiger partial charge in [-0.3, -0.25) is 0 Å². The Labute approximate surface area is 177 Å². The first-order valence-electron chi connectivity index (χ1n) is 9.14. The quantitative estimate of drug-likeness (QED) is 0.244. The Morgan fingerprint density at radius 1 is 0.667 bits per heavy atom. The average Bonchev–Trinajstić information content (AvgIpc) is 2.71. The molecule has 0 saturated carbocycles. The zero-order chi connectivity index (χ0) is 21.7. The van der Waals surface area contributed by atoms with Gasteiger partial charge in [0.25, 0.3) is 0 Å². The molecule has 0 aromatic heterocycles. The molecule has 5 heteroatoms. The van der Waals surface area contributed by atoms with Crippen LogP contribution in [-0.2, 0) is 6.42 Å². The number of aryl methyl sites for hydroxylation is 1. The minimum atomic E-state index is -1.00. The van der Waals surface area contributed by atoms with Gasteiger partial charge in [-0.2, -0.15) is 0 Å². The Kier molecular flexibility index (Phi) is 6.83. The molecule has 0 aliphatic rings. The first-order chi connectivity index (χ1) is 14.4. The molecule has 0 amide bonds. The van der Waals surface area contributed by atoms with Crippen LogP contribution in [0.25, 0.3) is 0 Å². The molecule has 0 spiro atoms. The second-order valence-corrected chi connectivity index (χ2v) is 6.89. The molecule has 0 unspecified atom stereocenters. The van der Waals surface area contributed by atoms with Crippen molar-refractivity contribution >= 4 is 11.6 Å². The third kappa shape index (κ3) is 5.23. The molecule has 0 aliphatic carbocycles. The maximum atomic E-state index is 14.3. The Hall–Kier alpha value is -3.21. The molecule has 3 aromatic carbocycles.